The molecule has 134 valence electrons. The molecule has 1 atom stereocenters. The molecule has 1 saturated heterocycles. The summed E-state index contributed by atoms with van der Waals surface area (Å²) in [5, 5.41) is 3.39. The van der Waals surface area contributed by atoms with Crippen LogP contribution in [0.2, 0.25) is 5.02 Å². The van der Waals surface area contributed by atoms with Crippen LogP contribution in [0.4, 0.5) is 0 Å². The molecule has 0 spiro atoms. The average molecular weight is 375 g/mol. The van der Waals surface area contributed by atoms with Gasteiger partial charge in [0.15, 0.2) is 0 Å². The summed E-state index contributed by atoms with van der Waals surface area (Å²) < 4.78 is 31.6. The first-order chi connectivity index (χ1) is 11.3. The van der Waals surface area contributed by atoms with Crippen LogP contribution in [-0.4, -0.2) is 51.5 Å². The minimum Gasteiger partial charge on any atom is -0.383 e. The summed E-state index contributed by atoms with van der Waals surface area (Å²) in [6, 6.07) is 6.07. The van der Waals surface area contributed by atoms with Crippen LogP contribution >= 0.6 is 11.6 Å². The van der Waals surface area contributed by atoms with Gasteiger partial charge >= 0.3 is 0 Å². The lowest BCUT2D eigenvalue weighted by Gasteiger charge is -2.31. The number of amides is 1. The fourth-order valence-electron chi connectivity index (χ4n) is 2.77. The molecule has 0 bridgehead atoms. The van der Waals surface area contributed by atoms with E-state index in [2.05, 4.69) is 5.32 Å². The summed E-state index contributed by atoms with van der Waals surface area (Å²) in [5.41, 5.74) is 0. The molecular formula is C16H23ClN2O4S. The Kier molecular flexibility index (Phi) is 6.62. The van der Waals surface area contributed by atoms with Crippen molar-refractivity contribution in [2.45, 2.75) is 30.7 Å². The predicted octanol–water partition coefficient (Wildman–Crippen LogP) is 1.89. The van der Waals surface area contributed by atoms with Crippen LogP contribution < -0.4 is 5.32 Å². The third-order valence-electron chi connectivity index (χ3n) is 4.08. The Morgan fingerprint density at radius 3 is 2.46 bits per heavy atom. The van der Waals surface area contributed by atoms with Crippen LogP contribution in [0, 0.1) is 5.92 Å². The van der Waals surface area contributed by atoms with Crippen LogP contribution in [-0.2, 0) is 19.6 Å². The maximum absolute atomic E-state index is 12.6. The van der Waals surface area contributed by atoms with E-state index in [9.17, 15) is 13.2 Å². The largest absolute Gasteiger partial charge is 0.383 e. The van der Waals surface area contributed by atoms with E-state index in [0.29, 0.717) is 37.6 Å². The highest BCUT2D eigenvalue weighted by atomic mass is 35.5. The van der Waals surface area contributed by atoms with Gasteiger partial charge in [-0.25, -0.2) is 8.42 Å². The summed E-state index contributed by atoms with van der Waals surface area (Å²) in [6.07, 6.45) is 1.02. The van der Waals surface area contributed by atoms with E-state index in [4.69, 9.17) is 16.3 Å². The van der Waals surface area contributed by atoms with Gasteiger partial charge in [-0.15, -0.1) is 0 Å². The molecule has 0 radical (unpaired) electrons. The molecule has 1 aliphatic rings. The zero-order chi connectivity index (χ0) is 17.7. The average Bonchev–Trinajstić information content (AvgIpc) is 2.55. The minimum atomic E-state index is -3.54. The number of hydrogen-bond donors (Lipinski definition) is 1. The van der Waals surface area contributed by atoms with E-state index in [1.54, 1.807) is 19.2 Å². The van der Waals surface area contributed by atoms with Crippen molar-refractivity contribution in [3.05, 3.63) is 29.3 Å². The van der Waals surface area contributed by atoms with Gasteiger partial charge in [-0.3, -0.25) is 4.79 Å². The molecule has 1 unspecified atom stereocenters. The Hall–Kier alpha value is -1.15. The quantitative estimate of drug-likeness (QED) is 0.825. The number of hydrogen-bond acceptors (Lipinski definition) is 4. The summed E-state index contributed by atoms with van der Waals surface area (Å²) in [6.45, 7) is 3.00. The molecule has 1 aliphatic heterocycles. The van der Waals surface area contributed by atoms with Gasteiger partial charge in [0, 0.05) is 37.2 Å². The summed E-state index contributed by atoms with van der Waals surface area (Å²) in [7, 11) is -1.95. The normalized spacial score (nSPS) is 18.3. The van der Waals surface area contributed by atoms with E-state index >= 15 is 0 Å². The lowest BCUT2D eigenvalue weighted by atomic mass is 9.97. The number of benzene rings is 1. The maximum atomic E-state index is 12.6. The second-order valence-corrected chi connectivity index (χ2v) is 8.37. The van der Waals surface area contributed by atoms with Crippen LogP contribution in [0.1, 0.15) is 19.8 Å². The van der Waals surface area contributed by atoms with Crippen molar-refractivity contribution in [2.75, 3.05) is 26.8 Å². The van der Waals surface area contributed by atoms with Crippen molar-refractivity contribution in [1.82, 2.24) is 9.62 Å². The van der Waals surface area contributed by atoms with Crippen molar-refractivity contribution in [2.24, 2.45) is 5.92 Å². The number of sulfonamides is 1. The molecule has 1 aromatic carbocycles. The van der Waals surface area contributed by atoms with Crippen molar-refractivity contribution in [3.8, 4) is 0 Å². The predicted molar refractivity (Wildman–Crippen MR) is 92.4 cm³/mol. The molecule has 24 heavy (non-hydrogen) atoms. The second-order valence-electron chi connectivity index (χ2n) is 6.00. The smallest absolute Gasteiger partial charge is 0.243 e. The zero-order valence-corrected chi connectivity index (χ0v) is 15.4. The number of carbonyl (C=O) groups is 1. The van der Waals surface area contributed by atoms with Gasteiger partial charge in [-0.1, -0.05) is 11.6 Å². The van der Waals surface area contributed by atoms with Crippen molar-refractivity contribution in [3.63, 3.8) is 0 Å². The van der Waals surface area contributed by atoms with E-state index in [1.807, 2.05) is 6.92 Å². The first kappa shape index (κ1) is 19.2. The molecule has 1 amide bonds. The molecule has 0 aromatic heterocycles. The standard InChI is InChI=1S/C16H23ClN2O4S/c1-12(11-23-2)18-16(20)13-7-9-19(10-8-13)24(21,22)15-5-3-14(17)4-6-15/h3-6,12-13H,7-11H2,1-2H3,(H,18,20). The Balaban J connectivity index is 1.94. The molecule has 1 N–H and O–H groups in total. The van der Waals surface area contributed by atoms with Gasteiger partial charge in [-0.05, 0) is 44.0 Å². The summed E-state index contributed by atoms with van der Waals surface area (Å²) >= 11 is 5.80. The molecule has 1 fully saturated rings. The third-order valence-corrected chi connectivity index (χ3v) is 6.25. The van der Waals surface area contributed by atoms with Gasteiger partial charge in [0.25, 0.3) is 0 Å². The van der Waals surface area contributed by atoms with Crippen LogP contribution in [0.5, 0.6) is 0 Å². The van der Waals surface area contributed by atoms with E-state index in [-0.39, 0.29) is 22.8 Å². The number of methoxy groups -OCH3 is 1. The van der Waals surface area contributed by atoms with Gasteiger partial charge < -0.3 is 10.1 Å². The summed E-state index contributed by atoms with van der Waals surface area (Å²) in [4.78, 5) is 12.4. The molecule has 1 aromatic rings. The number of halogens is 1. The van der Waals surface area contributed by atoms with Gasteiger partial charge in [0.05, 0.1) is 11.5 Å². The minimum absolute atomic E-state index is 0.0388. The lowest BCUT2D eigenvalue weighted by Crippen LogP contribution is -2.45. The van der Waals surface area contributed by atoms with Crippen molar-refractivity contribution in [1.29, 1.82) is 0 Å². The first-order valence-electron chi connectivity index (χ1n) is 7.89. The number of piperidine rings is 1. The van der Waals surface area contributed by atoms with Crippen LogP contribution in [0.25, 0.3) is 0 Å². The number of nitrogens with zero attached hydrogens (tertiary/aromatic N) is 1. The van der Waals surface area contributed by atoms with E-state index < -0.39 is 10.0 Å². The topological polar surface area (TPSA) is 75.7 Å². The van der Waals surface area contributed by atoms with Gasteiger partial charge in [0.1, 0.15) is 0 Å². The highest BCUT2D eigenvalue weighted by Gasteiger charge is 2.32. The molecule has 1 heterocycles. The molecular weight excluding hydrogens is 352 g/mol. The molecule has 6 nitrogen and oxygen atoms in total. The van der Waals surface area contributed by atoms with Crippen molar-refractivity contribution < 1.29 is 17.9 Å². The zero-order valence-electron chi connectivity index (χ0n) is 13.9. The maximum Gasteiger partial charge on any atom is 0.243 e. The SMILES string of the molecule is COCC(C)NC(=O)C1CCN(S(=O)(=O)c2ccc(Cl)cc2)CC1. The van der Waals surface area contributed by atoms with Crippen molar-refractivity contribution >= 4 is 27.5 Å². The Morgan fingerprint density at radius 1 is 1.33 bits per heavy atom. The highest BCUT2D eigenvalue weighted by molar-refractivity contribution is 7.89. The number of ether oxygens (including phenoxy) is 1. The third kappa shape index (κ3) is 4.69. The van der Waals surface area contributed by atoms with E-state index in [1.165, 1.54) is 16.4 Å². The van der Waals surface area contributed by atoms with E-state index in [0.717, 1.165) is 0 Å². The van der Waals surface area contributed by atoms with Crippen LogP contribution in [0.15, 0.2) is 29.2 Å². The molecule has 0 aliphatic carbocycles. The highest BCUT2D eigenvalue weighted by Crippen LogP contribution is 2.24. The number of nitrogens with one attached hydrogen (secondary N) is 1. The second kappa shape index (κ2) is 8.29. The molecule has 8 heteroatoms. The van der Waals surface area contributed by atoms with Gasteiger partial charge in [0.2, 0.25) is 15.9 Å². The van der Waals surface area contributed by atoms with Crippen LogP contribution in [0.3, 0.4) is 0 Å². The number of carbonyl (C=O) groups excluding carboxylic acids is 1. The Morgan fingerprint density at radius 2 is 1.92 bits per heavy atom. The Bertz CT molecular complexity index is 655. The molecule has 0 saturated carbocycles. The lowest BCUT2D eigenvalue weighted by molar-refractivity contribution is -0.127. The monoisotopic (exact) mass is 374 g/mol. The fourth-order valence-corrected chi connectivity index (χ4v) is 4.36. The molecule has 2 rings (SSSR count). The van der Waals surface area contributed by atoms with Gasteiger partial charge in [-0.2, -0.15) is 4.31 Å². The Labute approximate surface area is 148 Å². The summed E-state index contributed by atoms with van der Waals surface area (Å²) in [5.74, 6) is -0.205. The number of rotatable bonds is 6. The fraction of sp³-hybridized carbons (Fsp3) is 0.562. The first-order valence-corrected chi connectivity index (χ1v) is 9.71.